The molecule has 11 rings (SSSR count). The van der Waals surface area contributed by atoms with Crippen molar-refractivity contribution < 1.29 is 77.8 Å². The van der Waals surface area contributed by atoms with E-state index in [0.717, 1.165) is 58.4 Å². The highest BCUT2D eigenvalue weighted by atomic mass is 79.9. The van der Waals surface area contributed by atoms with E-state index >= 15 is 0 Å². The molecule has 412 valence electrons. The molecule has 0 unspecified atom stereocenters. The number of phenolic OH excluding ortho intramolecular Hbond substituents is 4. The predicted octanol–water partition coefficient (Wildman–Crippen LogP) is 15.0. The molecular formula is C60H48Br4O16. The van der Waals surface area contributed by atoms with Crippen LogP contribution in [0.2, 0.25) is 0 Å². The summed E-state index contributed by atoms with van der Waals surface area (Å²) in [5.74, 6) is 4.73. The fourth-order valence-electron chi connectivity index (χ4n) is 8.51. The number of rotatable bonds is 8. The van der Waals surface area contributed by atoms with Crippen LogP contribution >= 0.6 is 63.7 Å². The minimum absolute atomic E-state index is 0.00435. The molecule has 0 radical (unpaired) electrons. The van der Waals surface area contributed by atoms with Crippen LogP contribution < -0.4 is 37.9 Å². The highest BCUT2D eigenvalue weighted by molar-refractivity contribution is 9.11. The number of carboxylic acid groups (broad SMARTS) is 1. The third-order valence-corrected chi connectivity index (χ3v) is 14.3. The number of fused-ring (bicyclic) bond motifs is 6. The molecule has 8 aromatic carbocycles. The molecule has 5 N–H and O–H groups in total. The Morgan fingerprint density at radius 3 is 1.49 bits per heavy atom. The number of aliphatic carboxylic acids is 1. The van der Waals surface area contributed by atoms with Gasteiger partial charge in [-0.2, -0.15) is 0 Å². The van der Waals surface area contributed by atoms with Crippen molar-refractivity contribution in [3.05, 3.63) is 184 Å². The summed E-state index contributed by atoms with van der Waals surface area (Å²) < 4.78 is 47.6. The maximum atomic E-state index is 12.5. The van der Waals surface area contributed by atoms with Crippen LogP contribution in [0.3, 0.4) is 0 Å². The van der Waals surface area contributed by atoms with E-state index in [-0.39, 0.29) is 65.1 Å². The highest BCUT2D eigenvalue weighted by Gasteiger charge is 2.28. The molecule has 0 saturated carbocycles. The summed E-state index contributed by atoms with van der Waals surface area (Å²) in [6.07, 6.45) is 1.79. The molecule has 0 amide bonds. The summed E-state index contributed by atoms with van der Waals surface area (Å²) >= 11 is 13.5. The van der Waals surface area contributed by atoms with Crippen molar-refractivity contribution in [1.82, 2.24) is 0 Å². The lowest BCUT2D eigenvalue weighted by Gasteiger charge is -2.13. The van der Waals surface area contributed by atoms with E-state index in [9.17, 15) is 34.8 Å². The largest absolute Gasteiger partial charge is 0.508 e. The van der Waals surface area contributed by atoms with Gasteiger partial charge in [0.05, 0.1) is 34.9 Å². The number of carbonyl (C=O) groups excluding carboxylic acids is 2. The number of aromatic hydroxyl groups is 4. The summed E-state index contributed by atoms with van der Waals surface area (Å²) in [4.78, 5) is 35.6. The van der Waals surface area contributed by atoms with Gasteiger partial charge in [0.1, 0.15) is 103 Å². The first kappa shape index (κ1) is 58.2. The molecule has 3 heterocycles. The number of hydrogen-bond acceptors (Lipinski definition) is 15. The Kier molecular flexibility index (Phi) is 18.9. The zero-order valence-corrected chi connectivity index (χ0v) is 49.2. The van der Waals surface area contributed by atoms with Gasteiger partial charge < -0.3 is 63.4 Å². The van der Waals surface area contributed by atoms with Gasteiger partial charge in [-0.05, 0) is 66.9 Å². The lowest BCUT2D eigenvalue weighted by Crippen LogP contribution is -2.05. The van der Waals surface area contributed by atoms with Gasteiger partial charge in [0.25, 0.3) is 0 Å². The Bertz CT molecular complexity index is 3650. The van der Waals surface area contributed by atoms with Crippen molar-refractivity contribution in [1.29, 1.82) is 0 Å². The van der Waals surface area contributed by atoms with E-state index in [1.54, 1.807) is 82.0 Å². The number of halogens is 4. The molecule has 3 aliphatic heterocycles. The smallest absolute Gasteiger partial charge is 0.307 e. The number of carbonyl (C=O) groups is 3. The van der Waals surface area contributed by atoms with Crippen molar-refractivity contribution in [2.24, 2.45) is 0 Å². The van der Waals surface area contributed by atoms with Crippen molar-refractivity contribution in [2.75, 3.05) is 28.4 Å². The second-order valence-electron chi connectivity index (χ2n) is 17.7. The van der Waals surface area contributed by atoms with Gasteiger partial charge in [-0.15, -0.1) is 0 Å². The standard InChI is InChI=1S/C16H15BrO5.C16H13BrO4.C14H9BrO4.C14H11BrO3/c1-20-12-7-13(21-2)9-14(8-12)22-15-6-11(17)4-3-10(15)5-16(18)19;1-19-11-7-14(20-2)16-12(18)5-9-3-4-10(17)6-13(9)21-15(16)8-11;15-8-2-1-7-3-10(17)14-11(18)5-9(16)6-13(14)19-12(7)4-8;15-9-3-1-8-2-4-11-12(17)6-10(16)7-14(11)18-13(8)5-9/h3-4,6-9H,5H2,1-2H3,(H,18,19);3-4,6-8H,5H2,1-2H3;1-2,4-6,16,18H,3H2;1,3,5-7,16-17H,2,4H2. The second kappa shape index (κ2) is 25.9. The van der Waals surface area contributed by atoms with E-state index < -0.39 is 5.97 Å². The molecule has 0 saturated heterocycles. The Morgan fingerprint density at radius 2 is 0.925 bits per heavy atom. The molecule has 0 bridgehead atoms. The van der Waals surface area contributed by atoms with Gasteiger partial charge in [0.2, 0.25) is 0 Å². The number of hydrogen-bond donors (Lipinski definition) is 5. The van der Waals surface area contributed by atoms with Gasteiger partial charge in [-0.1, -0.05) is 88.0 Å². The Balaban J connectivity index is 0.000000140. The molecule has 8 aromatic rings. The Hall–Kier alpha value is -7.91. The Morgan fingerprint density at radius 1 is 0.463 bits per heavy atom. The molecule has 0 fully saturated rings. The molecule has 3 aliphatic rings. The summed E-state index contributed by atoms with van der Waals surface area (Å²) in [6, 6.07) is 35.9. The first-order valence-electron chi connectivity index (χ1n) is 24.0. The van der Waals surface area contributed by atoms with Crippen LogP contribution in [0.4, 0.5) is 0 Å². The Labute approximate surface area is 492 Å². The van der Waals surface area contributed by atoms with Crippen LogP contribution in [0.5, 0.6) is 92.0 Å². The third kappa shape index (κ3) is 14.3. The monoisotopic (exact) mass is 1340 g/mol. The number of phenols is 4. The SMILES string of the molecule is COc1cc(OC)c2c(c1)Oc1cc(Br)ccc1CC2=O.COc1cc(OC)cc(Oc2cc(Br)ccc2CC(=O)O)c1.O=C1Cc2ccc(Br)cc2Oc2cc(O)cc(O)c21.Oc1cc(O)c2c(c1)Oc1cc(Br)ccc1CC2. The maximum Gasteiger partial charge on any atom is 0.307 e. The minimum Gasteiger partial charge on any atom is -0.508 e. The minimum atomic E-state index is -0.921. The van der Waals surface area contributed by atoms with Crippen LogP contribution in [-0.2, 0) is 36.9 Å². The number of methoxy groups -OCH3 is 4. The second-order valence-corrected chi connectivity index (χ2v) is 21.4. The maximum absolute atomic E-state index is 12.5. The lowest BCUT2D eigenvalue weighted by molar-refractivity contribution is -0.136. The first-order valence-corrected chi connectivity index (χ1v) is 27.2. The summed E-state index contributed by atoms with van der Waals surface area (Å²) in [5.41, 5.74) is 4.55. The highest BCUT2D eigenvalue weighted by Crippen LogP contribution is 2.45. The quantitative estimate of drug-likeness (QED) is 0.0953. The number of Topliss-reactive ketones (excluding diaryl/α,β-unsaturated/α-hetero) is 2. The summed E-state index contributed by atoms with van der Waals surface area (Å²) in [5, 5.41) is 47.6. The average Bonchev–Trinajstić information content (AvgIpc) is 3.82. The predicted molar refractivity (Wildman–Crippen MR) is 310 cm³/mol. The summed E-state index contributed by atoms with van der Waals surface area (Å²) in [7, 11) is 6.18. The van der Waals surface area contributed by atoms with Gasteiger partial charge in [0, 0.05) is 108 Å². The zero-order chi connectivity index (χ0) is 57.4. The number of ether oxygens (including phenoxy) is 8. The molecule has 20 heteroatoms. The van der Waals surface area contributed by atoms with Gasteiger partial charge >= 0.3 is 5.97 Å². The van der Waals surface area contributed by atoms with Crippen LogP contribution in [0.25, 0.3) is 0 Å². The van der Waals surface area contributed by atoms with Gasteiger partial charge in [-0.3, -0.25) is 14.4 Å². The number of benzene rings is 8. The van der Waals surface area contributed by atoms with Crippen molar-refractivity contribution in [2.45, 2.75) is 32.1 Å². The normalized spacial score (nSPS) is 12.2. The molecule has 80 heavy (non-hydrogen) atoms. The van der Waals surface area contributed by atoms with Gasteiger partial charge in [-0.25, -0.2) is 0 Å². The van der Waals surface area contributed by atoms with Crippen LogP contribution in [-0.4, -0.2) is 71.5 Å². The first-order chi connectivity index (χ1) is 38.3. The number of carboxylic acids is 1. The van der Waals surface area contributed by atoms with Crippen molar-refractivity contribution in [3.8, 4) is 92.0 Å². The van der Waals surface area contributed by atoms with Crippen molar-refractivity contribution >= 4 is 81.3 Å². The topological polar surface area (TPSA) is 226 Å². The van der Waals surface area contributed by atoms with Crippen LogP contribution in [0.15, 0.2) is 145 Å². The number of aryl methyl sites for hydroxylation is 1. The van der Waals surface area contributed by atoms with Crippen LogP contribution in [0.1, 0.15) is 48.5 Å². The van der Waals surface area contributed by atoms with Gasteiger partial charge in [0.15, 0.2) is 11.6 Å². The average molecular weight is 1340 g/mol. The zero-order valence-electron chi connectivity index (χ0n) is 42.9. The van der Waals surface area contributed by atoms with E-state index in [1.165, 1.54) is 25.3 Å². The van der Waals surface area contributed by atoms with E-state index in [1.807, 2.05) is 42.5 Å². The summed E-state index contributed by atoms with van der Waals surface area (Å²) in [6.45, 7) is 0. The van der Waals surface area contributed by atoms with Crippen LogP contribution in [0, 0.1) is 0 Å². The van der Waals surface area contributed by atoms with E-state index in [4.69, 9.17) is 43.0 Å². The molecule has 0 aromatic heterocycles. The fourth-order valence-corrected chi connectivity index (χ4v) is 9.87. The molecular weight excluding hydrogens is 1300 g/mol. The lowest BCUT2D eigenvalue weighted by atomic mass is 10.0. The molecule has 0 aliphatic carbocycles. The third-order valence-electron chi connectivity index (χ3n) is 12.3. The fraction of sp³-hybridized carbons (Fsp3) is 0.150. The van der Waals surface area contributed by atoms with E-state index in [2.05, 4.69) is 63.7 Å². The molecule has 16 nitrogen and oxygen atoms in total. The molecule has 0 spiro atoms. The number of ketones is 2. The molecule has 0 atom stereocenters. The van der Waals surface area contributed by atoms with Crippen molar-refractivity contribution in [3.63, 3.8) is 0 Å². The van der Waals surface area contributed by atoms with E-state index in [0.29, 0.717) is 75.0 Å².